The Morgan fingerprint density at radius 3 is 2.96 bits per heavy atom. The number of furan rings is 1. The van der Waals surface area contributed by atoms with Crippen LogP contribution in [-0.4, -0.2) is 26.4 Å². The Morgan fingerprint density at radius 2 is 2.27 bits per heavy atom. The average molecular weight is 372 g/mol. The molecule has 26 heavy (non-hydrogen) atoms. The monoisotopic (exact) mass is 372 g/mol. The molecule has 0 aliphatic rings. The molecule has 1 aromatic carbocycles. The van der Waals surface area contributed by atoms with E-state index in [0.29, 0.717) is 34.5 Å². The number of halogens is 1. The lowest BCUT2D eigenvalue weighted by Crippen LogP contribution is -2.15. The van der Waals surface area contributed by atoms with Gasteiger partial charge in [-0.3, -0.25) is 9.36 Å². The molecule has 0 atom stereocenters. The summed E-state index contributed by atoms with van der Waals surface area (Å²) in [7, 11) is 0. The van der Waals surface area contributed by atoms with Crippen molar-refractivity contribution >= 4 is 23.4 Å². The molecule has 0 aliphatic carbocycles. The minimum Gasteiger partial charge on any atom is -0.461 e. The van der Waals surface area contributed by atoms with Crippen LogP contribution in [0.3, 0.4) is 0 Å². The molecule has 134 valence electrons. The minimum absolute atomic E-state index is 0.143. The summed E-state index contributed by atoms with van der Waals surface area (Å²) >= 11 is 1.26. The molecular weight excluding hydrogens is 355 g/mol. The molecule has 8 heteroatoms. The molecule has 6 nitrogen and oxygen atoms in total. The maximum absolute atomic E-state index is 13.1. The number of hydrogen-bond donors (Lipinski definition) is 1. The number of carbonyl (C=O) groups is 1. The average Bonchev–Trinajstić information content (AvgIpc) is 3.26. The van der Waals surface area contributed by atoms with E-state index in [4.69, 9.17) is 4.42 Å². The van der Waals surface area contributed by atoms with Gasteiger partial charge < -0.3 is 9.73 Å². The zero-order chi connectivity index (χ0) is 18.5. The number of anilines is 1. The number of benzene rings is 1. The number of thioether (sulfide) groups is 1. The number of amides is 1. The summed E-state index contributed by atoms with van der Waals surface area (Å²) in [6.45, 7) is 5.97. The fourth-order valence-electron chi connectivity index (χ4n) is 2.36. The van der Waals surface area contributed by atoms with Gasteiger partial charge in [0.1, 0.15) is 5.82 Å². The summed E-state index contributed by atoms with van der Waals surface area (Å²) in [6.07, 6.45) is 3.29. The third-order valence-electron chi connectivity index (χ3n) is 3.56. The smallest absolute Gasteiger partial charge is 0.234 e. The van der Waals surface area contributed by atoms with E-state index in [1.165, 1.54) is 23.9 Å². The van der Waals surface area contributed by atoms with Gasteiger partial charge in [0.05, 0.1) is 12.0 Å². The van der Waals surface area contributed by atoms with Gasteiger partial charge in [-0.2, -0.15) is 0 Å². The largest absolute Gasteiger partial charge is 0.461 e. The minimum atomic E-state index is -0.335. The summed E-state index contributed by atoms with van der Waals surface area (Å²) in [5.41, 5.74) is 1.25. The van der Waals surface area contributed by atoms with E-state index in [1.807, 2.05) is 4.57 Å². The van der Waals surface area contributed by atoms with Crippen molar-refractivity contribution in [2.75, 3.05) is 11.1 Å². The molecule has 0 bridgehead atoms. The molecular formula is C18H17FN4O2S. The first-order valence-corrected chi connectivity index (χ1v) is 8.84. The normalized spacial score (nSPS) is 10.7. The van der Waals surface area contributed by atoms with Crippen LogP contribution in [0.5, 0.6) is 0 Å². The van der Waals surface area contributed by atoms with Crippen LogP contribution in [0.4, 0.5) is 10.1 Å². The topological polar surface area (TPSA) is 73.0 Å². The molecule has 3 aromatic rings. The summed E-state index contributed by atoms with van der Waals surface area (Å²) in [4.78, 5) is 12.2. The molecule has 0 saturated carbocycles. The lowest BCUT2D eigenvalue weighted by Gasteiger charge is -2.09. The maximum Gasteiger partial charge on any atom is 0.234 e. The van der Waals surface area contributed by atoms with Crippen molar-refractivity contribution in [1.82, 2.24) is 14.8 Å². The second-order valence-corrected chi connectivity index (χ2v) is 6.42. The number of allylic oxidation sites excluding steroid dienone is 1. The van der Waals surface area contributed by atoms with Crippen LogP contribution in [0.25, 0.3) is 11.6 Å². The number of aryl methyl sites for hydroxylation is 1. The zero-order valence-electron chi connectivity index (χ0n) is 14.1. The van der Waals surface area contributed by atoms with Crippen molar-refractivity contribution in [3.63, 3.8) is 0 Å². The number of aromatic nitrogens is 3. The predicted molar refractivity (Wildman–Crippen MR) is 98.4 cm³/mol. The van der Waals surface area contributed by atoms with Crippen molar-refractivity contribution in [2.24, 2.45) is 0 Å². The van der Waals surface area contributed by atoms with E-state index in [1.54, 1.807) is 37.5 Å². The molecule has 0 fully saturated rings. The van der Waals surface area contributed by atoms with Gasteiger partial charge in [-0.15, -0.1) is 16.8 Å². The number of rotatable bonds is 7. The van der Waals surface area contributed by atoms with Crippen LogP contribution in [-0.2, 0) is 11.3 Å². The van der Waals surface area contributed by atoms with Gasteiger partial charge in [-0.05, 0) is 42.8 Å². The predicted octanol–water partition coefficient (Wildman–Crippen LogP) is 3.90. The van der Waals surface area contributed by atoms with Gasteiger partial charge in [0.2, 0.25) is 11.7 Å². The SMILES string of the molecule is C=CCn1c(SCC(=O)Nc2ccc(F)cc2C)nnc1-c1ccco1. The number of nitrogens with zero attached hydrogens (tertiary/aromatic N) is 3. The third kappa shape index (κ3) is 4.02. The van der Waals surface area contributed by atoms with Crippen LogP contribution in [0.1, 0.15) is 5.56 Å². The highest BCUT2D eigenvalue weighted by molar-refractivity contribution is 7.99. The number of nitrogens with one attached hydrogen (secondary N) is 1. The van der Waals surface area contributed by atoms with E-state index in [-0.39, 0.29) is 17.5 Å². The number of carbonyl (C=O) groups excluding carboxylic acids is 1. The molecule has 1 N–H and O–H groups in total. The quantitative estimate of drug-likeness (QED) is 0.503. The van der Waals surface area contributed by atoms with Gasteiger partial charge in [0.15, 0.2) is 10.9 Å². The Morgan fingerprint density at radius 1 is 1.42 bits per heavy atom. The van der Waals surface area contributed by atoms with Crippen LogP contribution in [0.2, 0.25) is 0 Å². The fraction of sp³-hybridized carbons (Fsp3) is 0.167. The van der Waals surface area contributed by atoms with Crippen molar-refractivity contribution in [3.8, 4) is 11.6 Å². The Bertz CT molecular complexity index is 921. The highest BCUT2D eigenvalue weighted by atomic mass is 32.2. The summed E-state index contributed by atoms with van der Waals surface area (Å²) in [6, 6.07) is 7.79. The Balaban J connectivity index is 1.69. The van der Waals surface area contributed by atoms with Gasteiger partial charge in [-0.25, -0.2) is 4.39 Å². The summed E-state index contributed by atoms with van der Waals surface area (Å²) in [5.74, 6) is 0.768. The van der Waals surface area contributed by atoms with Crippen molar-refractivity contribution in [3.05, 3.63) is 60.6 Å². The molecule has 3 rings (SSSR count). The molecule has 0 radical (unpaired) electrons. The molecule has 0 saturated heterocycles. The fourth-order valence-corrected chi connectivity index (χ4v) is 3.11. The van der Waals surface area contributed by atoms with Gasteiger partial charge >= 0.3 is 0 Å². The zero-order valence-corrected chi connectivity index (χ0v) is 14.9. The summed E-state index contributed by atoms with van der Waals surface area (Å²) < 4.78 is 20.3. The second-order valence-electron chi connectivity index (χ2n) is 5.48. The van der Waals surface area contributed by atoms with E-state index in [9.17, 15) is 9.18 Å². The van der Waals surface area contributed by atoms with Crippen LogP contribution < -0.4 is 5.32 Å². The van der Waals surface area contributed by atoms with Crippen molar-refractivity contribution < 1.29 is 13.6 Å². The molecule has 0 spiro atoms. The lowest BCUT2D eigenvalue weighted by molar-refractivity contribution is -0.113. The second kappa shape index (κ2) is 8.01. The molecule has 0 unspecified atom stereocenters. The first kappa shape index (κ1) is 17.9. The first-order valence-electron chi connectivity index (χ1n) is 7.85. The van der Waals surface area contributed by atoms with Gasteiger partial charge in [-0.1, -0.05) is 17.8 Å². The molecule has 0 aliphatic heterocycles. The maximum atomic E-state index is 13.1. The third-order valence-corrected chi connectivity index (χ3v) is 4.53. The van der Waals surface area contributed by atoms with E-state index in [2.05, 4.69) is 22.1 Å². The van der Waals surface area contributed by atoms with Crippen molar-refractivity contribution in [1.29, 1.82) is 0 Å². The highest BCUT2D eigenvalue weighted by Gasteiger charge is 2.16. The lowest BCUT2D eigenvalue weighted by atomic mass is 10.2. The van der Waals surface area contributed by atoms with Gasteiger partial charge in [0, 0.05) is 12.2 Å². The van der Waals surface area contributed by atoms with Crippen LogP contribution >= 0.6 is 11.8 Å². The summed E-state index contributed by atoms with van der Waals surface area (Å²) in [5, 5.41) is 11.6. The van der Waals surface area contributed by atoms with Crippen LogP contribution in [0, 0.1) is 12.7 Å². The standard InChI is InChI=1S/C18H17FN4O2S/c1-3-8-23-17(15-5-4-9-25-15)21-22-18(23)26-11-16(24)20-14-7-6-13(19)10-12(14)2/h3-7,9-10H,1,8,11H2,2H3,(H,20,24). The molecule has 2 aromatic heterocycles. The Kier molecular flexibility index (Phi) is 5.52. The van der Waals surface area contributed by atoms with Crippen molar-refractivity contribution in [2.45, 2.75) is 18.6 Å². The molecule has 1 amide bonds. The van der Waals surface area contributed by atoms with Gasteiger partial charge in [0.25, 0.3) is 0 Å². The van der Waals surface area contributed by atoms with Crippen LogP contribution in [0.15, 0.2) is 58.8 Å². The van der Waals surface area contributed by atoms with E-state index >= 15 is 0 Å². The Hall–Kier alpha value is -2.87. The highest BCUT2D eigenvalue weighted by Crippen LogP contribution is 2.25. The van der Waals surface area contributed by atoms with E-state index < -0.39 is 0 Å². The molecule has 2 heterocycles. The van der Waals surface area contributed by atoms with E-state index in [0.717, 1.165) is 0 Å². The first-order chi connectivity index (χ1) is 12.6. The number of hydrogen-bond acceptors (Lipinski definition) is 5. The Labute approximate surface area is 154 Å².